The first kappa shape index (κ1) is 16.3. The van der Waals surface area contributed by atoms with E-state index in [1.807, 2.05) is 0 Å². The standard InChI is InChI=1S/C16H13N3O3S2/c1-11(20)16-14(6-7-23-16)19-24(21,22)15-5-3-2-4-13(15)12-8-17-10-18-9-12/h2-10,19H,1H3. The Labute approximate surface area is 143 Å². The third-order valence-corrected chi connectivity index (χ3v) is 5.72. The molecule has 0 bridgehead atoms. The molecule has 0 aliphatic rings. The van der Waals surface area contributed by atoms with Gasteiger partial charge in [0.25, 0.3) is 10.0 Å². The number of rotatable bonds is 5. The molecule has 1 N–H and O–H groups in total. The second-order valence-electron chi connectivity index (χ2n) is 4.95. The molecule has 3 rings (SSSR count). The topological polar surface area (TPSA) is 89.0 Å². The van der Waals surface area contributed by atoms with Gasteiger partial charge in [0.2, 0.25) is 0 Å². The average molecular weight is 359 g/mol. The molecule has 1 aromatic carbocycles. The minimum absolute atomic E-state index is 0.0977. The van der Waals surface area contributed by atoms with Gasteiger partial charge in [0.05, 0.1) is 15.5 Å². The first-order chi connectivity index (χ1) is 11.5. The highest BCUT2D eigenvalue weighted by atomic mass is 32.2. The zero-order chi connectivity index (χ0) is 17.2. The molecule has 0 spiro atoms. The second kappa shape index (κ2) is 6.50. The zero-order valence-electron chi connectivity index (χ0n) is 12.6. The van der Waals surface area contributed by atoms with Crippen LogP contribution in [-0.4, -0.2) is 24.2 Å². The predicted octanol–water partition coefficient (Wildman–Crippen LogP) is 3.21. The minimum Gasteiger partial charge on any atom is -0.294 e. The Morgan fingerprint density at radius 2 is 1.83 bits per heavy atom. The highest BCUT2D eigenvalue weighted by molar-refractivity contribution is 7.92. The minimum atomic E-state index is -3.87. The van der Waals surface area contributed by atoms with Crippen LogP contribution in [0.25, 0.3) is 11.1 Å². The number of hydrogen-bond acceptors (Lipinski definition) is 6. The predicted molar refractivity (Wildman–Crippen MR) is 92.6 cm³/mol. The van der Waals surface area contributed by atoms with Gasteiger partial charge in [-0.25, -0.2) is 18.4 Å². The van der Waals surface area contributed by atoms with Crippen molar-refractivity contribution in [2.75, 3.05) is 4.72 Å². The van der Waals surface area contributed by atoms with Crippen LogP contribution in [-0.2, 0) is 10.0 Å². The number of carbonyl (C=O) groups excluding carboxylic acids is 1. The molecule has 2 heterocycles. The SMILES string of the molecule is CC(=O)c1sccc1NS(=O)(=O)c1ccccc1-c1cncnc1. The van der Waals surface area contributed by atoms with Gasteiger partial charge in [0.15, 0.2) is 5.78 Å². The van der Waals surface area contributed by atoms with Gasteiger partial charge in [-0.15, -0.1) is 11.3 Å². The summed E-state index contributed by atoms with van der Waals surface area (Å²) in [5, 5.41) is 1.67. The number of thiophene rings is 1. The molecule has 3 aromatic rings. The highest BCUT2D eigenvalue weighted by Crippen LogP contribution is 2.30. The fraction of sp³-hybridized carbons (Fsp3) is 0.0625. The fourth-order valence-corrected chi connectivity index (χ4v) is 4.36. The third kappa shape index (κ3) is 3.19. The van der Waals surface area contributed by atoms with Gasteiger partial charge < -0.3 is 0 Å². The summed E-state index contributed by atoms with van der Waals surface area (Å²) in [4.78, 5) is 19.9. The van der Waals surface area contributed by atoms with Crippen molar-refractivity contribution in [1.82, 2.24) is 9.97 Å². The molecule has 24 heavy (non-hydrogen) atoms. The molecule has 0 aliphatic carbocycles. The van der Waals surface area contributed by atoms with Crippen LogP contribution in [0.4, 0.5) is 5.69 Å². The summed E-state index contributed by atoms with van der Waals surface area (Å²) in [5.74, 6) is -0.188. The molecule has 0 aliphatic heterocycles. The van der Waals surface area contributed by atoms with Crippen LogP contribution in [0.2, 0.25) is 0 Å². The highest BCUT2D eigenvalue weighted by Gasteiger charge is 2.22. The summed E-state index contributed by atoms with van der Waals surface area (Å²) in [6, 6.07) is 8.15. The summed E-state index contributed by atoms with van der Waals surface area (Å²) >= 11 is 1.20. The first-order valence-electron chi connectivity index (χ1n) is 6.95. The van der Waals surface area contributed by atoms with Gasteiger partial charge in [0, 0.05) is 30.4 Å². The van der Waals surface area contributed by atoms with Crippen LogP contribution in [0.3, 0.4) is 0 Å². The van der Waals surface area contributed by atoms with Crippen molar-refractivity contribution in [2.45, 2.75) is 11.8 Å². The molecule has 8 heteroatoms. The molecule has 0 unspecified atom stereocenters. The monoisotopic (exact) mass is 359 g/mol. The van der Waals surface area contributed by atoms with E-state index in [0.717, 1.165) is 0 Å². The van der Waals surface area contributed by atoms with E-state index >= 15 is 0 Å². The Morgan fingerprint density at radius 1 is 1.12 bits per heavy atom. The van der Waals surface area contributed by atoms with Crippen LogP contribution in [0.1, 0.15) is 16.6 Å². The lowest BCUT2D eigenvalue weighted by molar-refractivity contribution is 0.102. The van der Waals surface area contributed by atoms with Crippen molar-refractivity contribution in [1.29, 1.82) is 0 Å². The van der Waals surface area contributed by atoms with E-state index < -0.39 is 10.0 Å². The molecule has 2 aromatic heterocycles. The number of nitrogens with one attached hydrogen (secondary N) is 1. The molecule has 0 fully saturated rings. The molecular weight excluding hydrogens is 346 g/mol. The van der Waals surface area contributed by atoms with Crippen molar-refractivity contribution in [3.8, 4) is 11.1 Å². The summed E-state index contributed by atoms with van der Waals surface area (Å²) in [5.41, 5.74) is 1.37. The van der Waals surface area contributed by atoms with Crippen LogP contribution in [0, 0.1) is 0 Å². The Morgan fingerprint density at radius 3 is 2.54 bits per heavy atom. The Balaban J connectivity index is 2.05. The fourth-order valence-electron chi connectivity index (χ4n) is 2.24. The van der Waals surface area contributed by atoms with Gasteiger partial charge in [-0.1, -0.05) is 18.2 Å². The molecule has 0 saturated carbocycles. The van der Waals surface area contributed by atoms with Gasteiger partial charge in [-0.05, 0) is 17.5 Å². The molecule has 6 nitrogen and oxygen atoms in total. The number of hydrogen-bond donors (Lipinski definition) is 1. The van der Waals surface area contributed by atoms with Crippen molar-refractivity contribution in [3.05, 3.63) is 59.3 Å². The average Bonchev–Trinajstić information content (AvgIpc) is 3.03. The number of nitrogens with zero attached hydrogens (tertiary/aromatic N) is 2. The lowest BCUT2D eigenvalue weighted by Gasteiger charge is -2.12. The van der Waals surface area contributed by atoms with Crippen LogP contribution in [0.5, 0.6) is 0 Å². The molecule has 0 saturated heterocycles. The Kier molecular flexibility index (Phi) is 4.41. The molecule has 122 valence electrons. The Hall–Kier alpha value is -2.58. The normalized spacial score (nSPS) is 11.2. The summed E-state index contributed by atoms with van der Waals surface area (Å²) in [6.07, 6.45) is 4.48. The number of benzene rings is 1. The Bertz CT molecular complexity index is 983. The molecule has 0 atom stereocenters. The van der Waals surface area contributed by atoms with Gasteiger partial charge >= 0.3 is 0 Å². The maximum absolute atomic E-state index is 12.8. The zero-order valence-corrected chi connectivity index (χ0v) is 14.3. The maximum Gasteiger partial charge on any atom is 0.262 e. The quantitative estimate of drug-likeness (QED) is 0.707. The van der Waals surface area contributed by atoms with E-state index in [-0.39, 0.29) is 16.4 Å². The van der Waals surface area contributed by atoms with E-state index in [1.54, 1.807) is 42.0 Å². The number of sulfonamides is 1. The van der Waals surface area contributed by atoms with Crippen LogP contribution >= 0.6 is 11.3 Å². The number of ketones is 1. The molecular formula is C16H13N3O3S2. The number of carbonyl (C=O) groups is 1. The van der Waals surface area contributed by atoms with E-state index in [9.17, 15) is 13.2 Å². The smallest absolute Gasteiger partial charge is 0.262 e. The summed E-state index contributed by atoms with van der Waals surface area (Å²) in [7, 11) is -3.87. The van der Waals surface area contributed by atoms with E-state index in [0.29, 0.717) is 16.0 Å². The number of aromatic nitrogens is 2. The van der Waals surface area contributed by atoms with Gasteiger partial charge in [-0.2, -0.15) is 0 Å². The van der Waals surface area contributed by atoms with E-state index in [4.69, 9.17) is 0 Å². The van der Waals surface area contributed by atoms with Crippen molar-refractivity contribution in [2.24, 2.45) is 0 Å². The maximum atomic E-state index is 12.8. The molecule has 0 radical (unpaired) electrons. The van der Waals surface area contributed by atoms with E-state index in [1.165, 1.54) is 30.7 Å². The largest absolute Gasteiger partial charge is 0.294 e. The second-order valence-corrected chi connectivity index (χ2v) is 7.52. The van der Waals surface area contributed by atoms with Crippen LogP contribution < -0.4 is 4.72 Å². The van der Waals surface area contributed by atoms with Crippen molar-refractivity contribution in [3.63, 3.8) is 0 Å². The van der Waals surface area contributed by atoms with Crippen molar-refractivity contribution >= 4 is 32.8 Å². The van der Waals surface area contributed by atoms with Crippen LogP contribution in [0.15, 0.2) is 59.3 Å². The molecule has 0 amide bonds. The summed E-state index contributed by atoms with van der Waals surface area (Å²) in [6.45, 7) is 1.40. The van der Waals surface area contributed by atoms with Gasteiger partial charge in [0.1, 0.15) is 6.33 Å². The van der Waals surface area contributed by atoms with E-state index in [2.05, 4.69) is 14.7 Å². The first-order valence-corrected chi connectivity index (χ1v) is 9.31. The lowest BCUT2D eigenvalue weighted by Crippen LogP contribution is -2.15. The summed E-state index contributed by atoms with van der Waals surface area (Å²) < 4.78 is 28.1. The van der Waals surface area contributed by atoms with Crippen molar-refractivity contribution < 1.29 is 13.2 Å². The lowest BCUT2D eigenvalue weighted by atomic mass is 10.1. The van der Waals surface area contributed by atoms with Gasteiger partial charge in [-0.3, -0.25) is 9.52 Å². The third-order valence-electron chi connectivity index (χ3n) is 3.28. The number of Topliss-reactive ketones (excluding diaryl/α,β-unsaturated/α-hetero) is 1. The number of anilines is 1.